The van der Waals surface area contributed by atoms with E-state index in [-0.39, 0.29) is 0 Å². The number of pyridine rings is 1. The number of alkyl halides is 1. The van der Waals surface area contributed by atoms with Gasteiger partial charge in [0.1, 0.15) is 11.3 Å². The van der Waals surface area contributed by atoms with Crippen LogP contribution in [0.4, 0.5) is 0 Å². The molecule has 0 fully saturated rings. The van der Waals surface area contributed by atoms with Crippen LogP contribution in [0.1, 0.15) is 12.7 Å². The van der Waals surface area contributed by atoms with Gasteiger partial charge in [-0.15, -0.1) is 11.6 Å². The van der Waals surface area contributed by atoms with Crippen LogP contribution >= 0.6 is 27.5 Å². The van der Waals surface area contributed by atoms with Gasteiger partial charge in [-0.3, -0.25) is 0 Å². The van der Waals surface area contributed by atoms with Crippen LogP contribution in [0.3, 0.4) is 0 Å². The molecule has 2 rings (SSSR count). The second kappa shape index (κ2) is 6.20. The highest BCUT2D eigenvalue weighted by molar-refractivity contribution is 9.10. The third-order valence-corrected chi connectivity index (χ3v) is 3.90. The Morgan fingerprint density at radius 1 is 1.47 bits per heavy atom. The lowest BCUT2D eigenvalue weighted by Gasteiger charge is -2.21. The van der Waals surface area contributed by atoms with Gasteiger partial charge in [0, 0.05) is 35.6 Å². The molecule has 0 aliphatic heterocycles. The van der Waals surface area contributed by atoms with Gasteiger partial charge in [0.25, 0.3) is 0 Å². The van der Waals surface area contributed by atoms with Gasteiger partial charge in [-0.25, -0.2) is 9.97 Å². The summed E-state index contributed by atoms with van der Waals surface area (Å²) in [7, 11) is 4.16. The number of hydrogen-bond donors (Lipinski definition) is 0. The fourth-order valence-corrected chi connectivity index (χ4v) is 2.42. The maximum absolute atomic E-state index is 5.87. The van der Waals surface area contributed by atoms with Crippen molar-refractivity contribution in [3.63, 3.8) is 0 Å². The Bertz CT molecular complexity index is 567. The summed E-state index contributed by atoms with van der Waals surface area (Å²) in [4.78, 5) is 11.3. The molecule has 0 saturated heterocycles. The van der Waals surface area contributed by atoms with E-state index in [0.29, 0.717) is 11.9 Å². The number of likely N-dealkylation sites (N-methyl/N-ethyl adjacent to an activating group) is 1. The summed E-state index contributed by atoms with van der Waals surface area (Å²) in [6, 6.07) is 2.41. The van der Waals surface area contributed by atoms with Gasteiger partial charge in [-0.1, -0.05) is 0 Å². The maximum Gasteiger partial charge on any atom is 0.160 e. The van der Waals surface area contributed by atoms with Crippen LogP contribution in [-0.2, 0) is 13.0 Å². The number of imidazole rings is 1. The first-order valence-corrected chi connectivity index (χ1v) is 7.58. The Hall–Kier alpha value is -0.650. The van der Waals surface area contributed by atoms with E-state index in [9.17, 15) is 0 Å². The van der Waals surface area contributed by atoms with Crippen LogP contribution in [-0.4, -0.2) is 45.5 Å². The molecular weight excluding hydrogens is 328 g/mol. The maximum atomic E-state index is 5.87. The molecule has 0 saturated carbocycles. The van der Waals surface area contributed by atoms with Crippen LogP contribution in [0.2, 0.25) is 0 Å². The first-order chi connectivity index (χ1) is 9.02. The van der Waals surface area contributed by atoms with Gasteiger partial charge in [0.2, 0.25) is 0 Å². The summed E-state index contributed by atoms with van der Waals surface area (Å²) in [5, 5.41) is 0. The van der Waals surface area contributed by atoms with Crippen LogP contribution in [0.15, 0.2) is 16.7 Å². The van der Waals surface area contributed by atoms with E-state index in [1.165, 1.54) is 0 Å². The highest BCUT2D eigenvalue weighted by atomic mass is 79.9. The van der Waals surface area contributed by atoms with Crippen LogP contribution < -0.4 is 0 Å². The molecular formula is C13H18BrClN4. The number of nitrogens with zero attached hydrogens (tertiary/aromatic N) is 4. The molecule has 104 valence electrons. The van der Waals surface area contributed by atoms with Gasteiger partial charge in [0.05, 0.1) is 0 Å². The molecule has 0 aliphatic rings. The van der Waals surface area contributed by atoms with Crippen molar-refractivity contribution in [3.8, 4) is 0 Å². The first kappa shape index (κ1) is 14.8. The minimum Gasteiger partial charge on any atom is -0.311 e. The van der Waals surface area contributed by atoms with Gasteiger partial charge < -0.3 is 9.47 Å². The normalized spacial score (nSPS) is 13.4. The molecule has 0 aliphatic carbocycles. The monoisotopic (exact) mass is 344 g/mol. The average Bonchev–Trinajstić information content (AvgIpc) is 2.67. The SMILES string of the molecule is CC(Cn1c(CCCl)nc2cc(Br)cnc21)N(C)C. The number of aromatic nitrogens is 3. The third-order valence-electron chi connectivity index (χ3n) is 3.28. The van der Waals surface area contributed by atoms with Crippen molar-refractivity contribution in [2.45, 2.75) is 25.9 Å². The van der Waals surface area contributed by atoms with Crippen LogP contribution in [0.5, 0.6) is 0 Å². The molecule has 19 heavy (non-hydrogen) atoms. The van der Waals surface area contributed by atoms with Crippen molar-refractivity contribution < 1.29 is 0 Å². The minimum atomic E-state index is 0.414. The van der Waals surface area contributed by atoms with Gasteiger partial charge >= 0.3 is 0 Å². The molecule has 0 radical (unpaired) electrons. The van der Waals surface area contributed by atoms with Crippen molar-refractivity contribution in [1.29, 1.82) is 0 Å². The smallest absolute Gasteiger partial charge is 0.160 e. The standard InChI is InChI=1S/C13H18BrClN4/c1-9(18(2)3)8-19-12(4-5-15)17-11-6-10(14)7-16-13(11)19/h6-7,9H,4-5,8H2,1-3H3. The zero-order valence-electron chi connectivity index (χ0n) is 11.4. The lowest BCUT2D eigenvalue weighted by Crippen LogP contribution is -2.30. The summed E-state index contributed by atoms with van der Waals surface area (Å²) >= 11 is 9.31. The van der Waals surface area contributed by atoms with Gasteiger partial charge in [-0.05, 0) is 43.0 Å². The number of fused-ring (bicyclic) bond motifs is 1. The van der Waals surface area contributed by atoms with Crippen LogP contribution in [0.25, 0.3) is 11.2 Å². The van der Waals surface area contributed by atoms with E-state index in [1.54, 1.807) is 0 Å². The molecule has 0 N–H and O–H groups in total. The summed E-state index contributed by atoms with van der Waals surface area (Å²) < 4.78 is 3.12. The van der Waals surface area contributed by atoms with Crippen molar-refractivity contribution in [2.24, 2.45) is 0 Å². The fraction of sp³-hybridized carbons (Fsp3) is 0.538. The van der Waals surface area contributed by atoms with E-state index in [4.69, 9.17) is 11.6 Å². The topological polar surface area (TPSA) is 34.0 Å². The quantitative estimate of drug-likeness (QED) is 0.781. The average molecular weight is 346 g/mol. The summed E-state index contributed by atoms with van der Waals surface area (Å²) in [5.74, 6) is 1.57. The molecule has 1 unspecified atom stereocenters. The minimum absolute atomic E-state index is 0.414. The molecule has 0 bridgehead atoms. The van der Waals surface area contributed by atoms with E-state index >= 15 is 0 Å². The van der Waals surface area contributed by atoms with Gasteiger partial charge in [0.15, 0.2) is 5.65 Å². The Balaban J connectivity index is 2.45. The molecule has 0 aromatic carbocycles. The molecule has 2 aromatic rings. The largest absolute Gasteiger partial charge is 0.311 e. The van der Waals surface area contributed by atoms with Crippen molar-refractivity contribution in [3.05, 3.63) is 22.6 Å². The number of rotatable bonds is 5. The molecule has 2 heterocycles. The number of hydrogen-bond acceptors (Lipinski definition) is 3. The van der Waals surface area contributed by atoms with Crippen LogP contribution in [0, 0.1) is 0 Å². The summed E-state index contributed by atoms with van der Waals surface area (Å²) in [6.07, 6.45) is 2.57. The summed E-state index contributed by atoms with van der Waals surface area (Å²) in [6.45, 7) is 3.06. The van der Waals surface area contributed by atoms with Gasteiger partial charge in [-0.2, -0.15) is 0 Å². The molecule has 0 amide bonds. The molecule has 6 heteroatoms. The van der Waals surface area contributed by atoms with E-state index in [1.807, 2.05) is 12.3 Å². The molecule has 2 aromatic heterocycles. The third kappa shape index (κ3) is 3.27. The lowest BCUT2D eigenvalue weighted by atomic mass is 10.3. The van der Waals surface area contributed by atoms with Crippen molar-refractivity contribution in [1.82, 2.24) is 19.4 Å². The second-order valence-electron chi connectivity index (χ2n) is 4.89. The fourth-order valence-electron chi connectivity index (χ4n) is 1.93. The Morgan fingerprint density at radius 3 is 2.84 bits per heavy atom. The molecule has 0 spiro atoms. The van der Waals surface area contributed by atoms with E-state index in [0.717, 1.165) is 34.4 Å². The van der Waals surface area contributed by atoms with E-state index < -0.39 is 0 Å². The van der Waals surface area contributed by atoms with Crippen molar-refractivity contribution in [2.75, 3.05) is 20.0 Å². The van der Waals surface area contributed by atoms with Crippen molar-refractivity contribution >= 4 is 38.7 Å². The number of aryl methyl sites for hydroxylation is 1. The highest BCUT2D eigenvalue weighted by Gasteiger charge is 2.15. The predicted molar refractivity (Wildman–Crippen MR) is 82.8 cm³/mol. The molecule has 1 atom stereocenters. The zero-order valence-corrected chi connectivity index (χ0v) is 13.7. The van der Waals surface area contributed by atoms with E-state index in [2.05, 4.69) is 56.4 Å². The predicted octanol–water partition coefficient (Wildman–Crippen LogP) is 2.93. The first-order valence-electron chi connectivity index (χ1n) is 6.26. The Morgan fingerprint density at radius 2 is 2.21 bits per heavy atom. The Labute approximate surface area is 126 Å². The second-order valence-corrected chi connectivity index (χ2v) is 6.18. The molecule has 4 nitrogen and oxygen atoms in total. The highest BCUT2D eigenvalue weighted by Crippen LogP contribution is 2.20. The zero-order chi connectivity index (χ0) is 14.0. The Kier molecular flexibility index (Phi) is 4.81. The summed E-state index contributed by atoms with van der Waals surface area (Å²) in [5.41, 5.74) is 1.84. The number of halogens is 2. The lowest BCUT2D eigenvalue weighted by molar-refractivity contribution is 0.283.